The molecule has 5 nitrogen and oxygen atoms in total. The molecular formula is C22H20N2O3S. The summed E-state index contributed by atoms with van der Waals surface area (Å²) >= 11 is 0. The first kappa shape index (κ1) is 18.3. The third-order valence-corrected chi connectivity index (χ3v) is 5.68. The summed E-state index contributed by atoms with van der Waals surface area (Å²) in [5.74, 6) is 0.814. The number of ether oxygens (including phenoxy) is 1. The van der Waals surface area contributed by atoms with E-state index in [1.807, 2.05) is 72.2 Å². The van der Waals surface area contributed by atoms with E-state index < -0.39 is 9.84 Å². The maximum Gasteiger partial charge on any atom is 0.175 e. The molecule has 0 aliphatic heterocycles. The van der Waals surface area contributed by atoms with Gasteiger partial charge in [-0.15, -0.1) is 0 Å². The number of pyridine rings is 1. The quantitative estimate of drug-likeness (QED) is 0.503. The highest BCUT2D eigenvalue weighted by Gasteiger charge is 2.17. The van der Waals surface area contributed by atoms with Crippen molar-refractivity contribution in [3.05, 3.63) is 72.9 Å². The van der Waals surface area contributed by atoms with Gasteiger partial charge in [0.1, 0.15) is 11.4 Å². The molecule has 4 aromatic rings. The smallest absolute Gasteiger partial charge is 0.175 e. The first-order chi connectivity index (χ1) is 13.5. The Morgan fingerprint density at radius 1 is 0.929 bits per heavy atom. The molecular weight excluding hydrogens is 372 g/mol. The molecule has 0 aliphatic rings. The number of nitrogens with zero attached hydrogens (tertiary/aromatic N) is 2. The van der Waals surface area contributed by atoms with Crippen molar-refractivity contribution in [2.24, 2.45) is 0 Å². The predicted molar refractivity (Wildman–Crippen MR) is 110 cm³/mol. The van der Waals surface area contributed by atoms with Gasteiger partial charge in [0.05, 0.1) is 17.0 Å². The van der Waals surface area contributed by atoms with Gasteiger partial charge >= 0.3 is 0 Å². The van der Waals surface area contributed by atoms with E-state index >= 15 is 0 Å². The van der Waals surface area contributed by atoms with Crippen molar-refractivity contribution in [3.8, 4) is 28.1 Å². The molecule has 0 unspecified atom stereocenters. The van der Waals surface area contributed by atoms with E-state index in [-0.39, 0.29) is 0 Å². The Kier molecular flexibility index (Phi) is 4.65. The highest BCUT2D eigenvalue weighted by atomic mass is 32.2. The highest BCUT2D eigenvalue weighted by molar-refractivity contribution is 7.90. The summed E-state index contributed by atoms with van der Waals surface area (Å²) in [6.45, 7) is 2.57. The Balaban J connectivity index is 1.88. The van der Waals surface area contributed by atoms with Crippen LogP contribution >= 0.6 is 0 Å². The van der Waals surface area contributed by atoms with Gasteiger partial charge in [0.2, 0.25) is 0 Å². The van der Waals surface area contributed by atoms with Gasteiger partial charge in [-0.05, 0) is 61.0 Å². The summed E-state index contributed by atoms with van der Waals surface area (Å²) in [4.78, 5) is 0.301. The van der Waals surface area contributed by atoms with Crippen molar-refractivity contribution in [2.45, 2.75) is 11.8 Å². The second-order valence-corrected chi connectivity index (χ2v) is 8.52. The maximum atomic E-state index is 11.8. The molecule has 2 heterocycles. The summed E-state index contributed by atoms with van der Waals surface area (Å²) in [6.07, 6.45) is 3.12. The van der Waals surface area contributed by atoms with Crippen LogP contribution in [0.1, 0.15) is 6.92 Å². The topological polar surface area (TPSA) is 60.7 Å². The van der Waals surface area contributed by atoms with Crippen LogP contribution in [0.3, 0.4) is 0 Å². The number of sulfone groups is 1. The molecule has 0 fully saturated rings. The third kappa shape index (κ3) is 3.39. The Morgan fingerprint density at radius 2 is 1.61 bits per heavy atom. The average Bonchev–Trinajstić information content (AvgIpc) is 3.08. The molecule has 6 heteroatoms. The van der Waals surface area contributed by atoms with Gasteiger partial charge in [0.25, 0.3) is 0 Å². The third-order valence-electron chi connectivity index (χ3n) is 4.55. The molecule has 0 saturated carbocycles. The predicted octanol–water partition coefficient (Wildman–Crippen LogP) is 4.47. The second kappa shape index (κ2) is 7.13. The second-order valence-electron chi connectivity index (χ2n) is 6.51. The fourth-order valence-electron chi connectivity index (χ4n) is 3.23. The van der Waals surface area contributed by atoms with Gasteiger partial charge < -0.3 is 4.74 Å². The molecule has 0 saturated heterocycles. The molecule has 0 aliphatic carbocycles. The van der Waals surface area contributed by atoms with Crippen molar-refractivity contribution >= 4 is 15.4 Å². The van der Waals surface area contributed by atoms with E-state index in [0.717, 1.165) is 33.7 Å². The largest absolute Gasteiger partial charge is 0.494 e. The summed E-state index contributed by atoms with van der Waals surface area (Å²) in [5, 5.41) is 4.76. The van der Waals surface area contributed by atoms with Crippen molar-refractivity contribution < 1.29 is 13.2 Å². The fraction of sp³-hybridized carbons (Fsp3) is 0.136. The Labute approximate surface area is 164 Å². The number of hydrogen-bond acceptors (Lipinski definition) is 4. The van der Waals surface area contributed by atoms with E-state index in [0.29, 0.717) is 11.5 Å². The molecule has 0 amide bonds. The van der Waals surface area contributed by atoms with Crippen molar-refractivity contribution in [1.82, 2.24) is 9.61 Å². The molecule has 142 valence electrons. The van der Waals surface area contributed by atoms with Crippen LogP contribution in [0.25, 0.3) is 27.9 Å². The van der Waals surface area contributed by atoms with Crippen LogP contribution in [0.5, 0.6) is 5.75 Å². The van der Waals surface area contributed by atoms with Gasteiger partial charge in [-0.2, -0.15) is 5.10 Å². The summed E-state index contributed by atoms with van der Waals surface area (Å²) in [6, 6.07) is 20.7. The minimum Gasteiger partial charge on any atom is -0.494 e. The zero-order valence-corrected chi connectivity index (χ0v) is 16.5. The maximum absolute atomic E-state index is 11.8. The normalized spacial score (nSPS) is 11.6. The molecule has 0 N–H and O–H groups in total. The van der Waals surface area contributed by atoms with Crippen LogP contribution in [0.2, 0.25) is 0 Å². The van der Waals surface area contributed by atoms with Crippen LogP contribution in [0, 0.1) is 0 Å². The SMILES string of the molecule is CCOc1ccc(-c2nn3ccccc3c2-c2ccc(S(C)(=O)=O)cc2)cc1. The minimum absolute atomic E-state index is 0.301. The molecule has 2 aromatic carbocycles. The standard InChI is InChI=1S/C22H20N2O3S/c1-3-27-18-11-7-17(8-12-18)22-21(20-6-4-5-15-24(20)23-22)16-9-13-19(14-10-16)28(2,25)26/h4-15H,3H2,1-2H3. The van der Waals surface area contributed by atoms with Gasteiger partial charge in [0.15, 0.2) is 9.84 Å². The van der Waals surface area contributed by atoms with E-state index in [9.17, 15) is 8.42 Å². The molecule has 28 heavy (non-hydrogen) atoms. The number of rotatable bonds is 5. The average molecular weight is 392 g/mol. The molecule has 0 spiro atoms. The summed E-state index contributed by atoms with van der Waals surface area (Å²) in [7, 11) is -3.24. The lowest BCUT2D eigenvalue weighted by molar-refractivity contribution is 0.340. The van der Waals surface area contributed by atoms with Crippen LogP contribution in [0.4, 0.5) is 0 Å². The Bertz CT molecular complexity index is 1230. The van der Waals surface area contributed by atoms with Crippen LogP contribution in [-0.2, 0) is 9.84 Å². The molecule has 0 bridgehead atoms. The van der Waals surface area contributed by atoms with E-state index in [1.165, 1.54) is 6.26 Å². The van der Waals surface area contributed by atoms with Gasteiger partial charge in [-0.25, -0.2) is 12.9 Å². The summed E-state index contributed by atoms with van der Waals surface area (Å²) in [5.41, 5.74) is 4.64. The van der Waals surface area contributed by atoms with Crippen LogP contribution < -0.4 is 4.74 Å². The minimum atomic E-state index is -3.24. The van der Waals surface area contributed by atoms with E-state index in [1.54, 1.807) is 12.1 Å². The lowest BCUT2D eigenvalue weighted by atomic mass is 10.00. The fourth-order valence-corrected chi connectivity index (χ4v) is 3.86. The van der Waals surface area contributed by atoms with Gasteiger partial charge in [0, 0.05) is 23.6 Å². The van der Waals surface area contributed by atoms with Crippen LogP contribution in [-0.4, -0.2) is 30.9 Å². The monoisotopic (exact) mass is 392 g/mol. The highest BCUT2D eigenvalue weighted by Crippen LogP contribution is 2.36. The molecule has 4 rings (SSSR count). The van der Waals surface area contributed by atoms with Gasteiger partial charge in [-0.3, -0.25) is 0 Å². The number of aromatic nitrogens is 2. The van der Waals surface area contributed by atoms with Crippen molar-refractivity contribution in [3.63, 3.8) is 0 Å². The molecule has 0 radical (unpaired) electrons. The summed E-state index contributed by atoms with van der Waals surface area (Å²) < 4.78 is 30.9. The molecule has 2 aromatic heterocycles. The number of hydrogen-bond donors (Lipinski definition) is 0. The van der Waals surface area contributed by atoms with Crippen molar-refractivity contribution in [1.29, 1.82) is 0 Å². The van der Waals surface area contributed by atoms with Gasteiger partial charge in [-0.1, -0.05) is 18.2 Å². The zero-order chi connectivity index (χ0) is 19.7. The van der Waals surface area contributed by atoms with Crippen LogP contribution in [0.15, 0.2) is 77.8 Å². The zero-order valence-electron chi connectivity index (χ0n) is 15.7. The van der Waals surface area contributed by atoms with Crippen molar-refractivity contribution in [2.75, 3.05) is 12.9 Å². The lowest BCUT2D eigenvalue weighted by Crippen LogP contribution is -1.96. The first-order valence-electron chi connectivity index (χ1n) is 8.98. The number of benzene rings is 2. The Morgan fingerprint density at radius 3 is 2.25 bits per heavy atom. The van der Waals surface area contributed by atoms with E-state index in [2.05, 4.69) is 0 Å². The first-order valence-corrected chi connectivity index (χ1v) is 10.9. The Hall–Kier alpha value is -3.12. The molecule has 0 atom stereocenters. The van der Waals surface area contributed by atoms with E-state index in [4.69, 9.17) is 9.84 Å². The number of fused-ring (bicyclic) bond motifs is 1. The lowest BCUT2D eigenvalue weighted by Gasteiger charge is -2.07.